The molecule has 0 aromatic carbocycles. The monoisotopic (exact) mass is 203 g/mol. The van der Waals surface area contributed by atoms with Gasteiger partial charge in [-0.15, -0.1) is 0 Å². The highest BCUT2D eigenvalue weighted by Crippen LogP contribution is 2.23. The van der Waals surface area contributed by atoms with Crippen molar-refractivity contribution in [1.29, 1.82) is 0 Å². The van der Waals surface area contributed by atoms with Crippen LogP contribution < -0.4 is 0 Å². The van der Waals surface area contributed by atoms with Crippen molar-refractivity contribution in [2.24, 2.45) is 5.11 Å². The Hall–Kier alpha value is -0.850. The van der Waals surface area contributed by atoms with Gasteiger partial charge in [-0.05, 0) is 12.5 Å². The van der Waals surface area contributed by atoms with E-state index in [1.165, 1.54) is 0 Å². The fraction of sp³-hybridized carbons (Fsp3) is 1.00. The Morgan fingerprint density at radius 1 is 1.43 bits per heavy atom. The van der Waals surface area contributed by atoms with E-state index in [-0.39, 0.29) is 6.61 Å². The number of ether oxygens (including phenoxy) is 1. The highest BCUT2D eigenvalue weighted by atomic mass is 16.5. The minimum atomic E-state index is -1.23. The van der Waals surface area contributed by atoms with Gasteiger partial charge in [0.1, 0.15) is 12.2 Å². The van der Waals surface area contributed by atoms with Gasteiger partial charge in [-0.1, -0.05) is 5.11 Å². The summed E-state index contributed by atoms with van der Waals surface area (Å²) in [6.45, 7) is 1.22. The van der Waals surface area contributed by atoms with Crippen molar-refractivity contribution >= 4 is 0 Å². The molecule has 0 spiro atoms. The standard InChI is InChI=1S/C7H13N3O4/c1-3-5(9-10-8)7(13)6(12)4(2-11)14-3/h3-7,11-13H,2H2,1H3/t3-,4?,5?,6-,7+/m0/s1. The lowest BCUT2D eigenvalue weighted by atomic mass is 9.94. The molecule has 1 rings (SSSR count). The average Bonchev–Trinajstić information content (AvgIpc) is 2.18. The first kappa shape index (κ1) is 11.2. The lowest BCUT2D eigenvalue weighted by Crippen LogP contribution is -2.56. The molecule has 1 aliphatic rings. The summed E-state index contributed by atoms with van der Waals surface area (Å²) >= 11 is 0. The molecule has 14 heavy (non-hydrogen) atoms. The van der Waals surface area contributed by atoms with Gasteiger partial charge in [0.05, 0.1) is 24.9 Å². The van der Waals surface area contributed by atoms with Crippen LogP contribution in [-0.4, -0.2) is 52.4 Å². The third-order valence-corrected chi connectivity index (χ3v) is 2.32. The predicted octanol–water partition coefficient (Wildman–Crippen LogP) is -0.833. The number of aliphatic hydroxyl groups is 3. The fourth-order valence-electron chi connectivity index (χ4n) is 1.51. The van der Waals surface area contributed by atoms with Crippen molar-refractivity contribution in [3.05, 3.63) is 10.4 Å². The first-order chi connectivity index (χ1) is 6.61. The summed E-state index contributed by atoms with van der Waals surface area (Å²) in [5, 5.41) is 31.1. The van der Waals surface area contributed by atoms with E-state index in [1.54, 1.807) is 6.92 Å². The fourth-order valence-corrected chi connectivity index (χ4v) is 1.51. The van der Waals surface area contributed by atoms with Crippen molar-refractivity contribution in [2.45, 2.75) is 37.4 Å². The van der Waals surface area contributed by atoms with E-state index in [0.717, 1.165) is 0 Å². The summed E-state index contributed by atoms with van der Waals surface area (Å²) in [5.74, 6) is 0. The summed E-state index contributed by atoms with van der Waals surface area (Å²) < 4.78 is 5.16. The van der Waals surface area contributed by atoms with Crippen LogP contribution in [0.1, 0.15) is 6.92 Å². The van der Waals surface area contributed by atoms with Crippen molar-refractivity contribution < 1.29 is 20.1 Å². The molecule has 0 saturated carbocycles. The van der Waals surface area contributed by atoms with Crippen LogP contribution >= 0.6 is 0 Å². The van der Waals surface area contributed by atoms with Crippen molar-refractivity contribution in [3.63, 3.8) is 0 Å². The van der Waals surface area contributed by atoms with Crippen LogP contribution in [0.25, 0.3) is 10.4 Å². The first-order valence-electron chi connectivity index (χ1n) is 4.28. The number of nitrogens with zero attached hydrogens (tertiary/aromatic N) is 3. The van der Waals surface area contributed by atoms with Gasteiger partial charge in [-0.25, -0.2) is 0 Å². The third kappa shape index (κ3) is 1.97. The smallest absolute Gasteiger partial charge is 0.109 e. The number of aliphatic hydroxyl groups excluding tert-OH is 3. The van der Waals surface area contributed by atoms with Gasteiger partial charge >= 0.3 is 0 Å². The molecule has 0 aromatic rings. The topological polar surface area (TPSA) is 119 Å². The molecule has 5 atom stereocenters. The van der Waals surface area contributed by atoms with Crippen LogP contribution in [-0.2, 0) is 4.74 Å². The zero-order chi connectivity index (χ0) is 10.7. The van der Waals surface area contributed by atoms with Gasteiger partial charge in [0, 0.05) is 4.91 Å². The summed E-state index contributed by atoms with van der Waals surface area (Å²) in [5.41, 5.74) is 8.22. The van der Waals surface area contributed by atoms with Gasteiger partial charge in [0.25, 0.3) is 0 Å². The van der Waals surface area contributed by atoms with Crippen LogP contribution in [0.2, 0.25) is 0 Å². The van der Waals surface area contributed by atoms with E-state index < -0.39 is 30.5 Å². The minimum absolute atomic E-state index is 0.383. The number of rotatable bonds is 2. The Labute approximate surface area is 80.6 Å². The molecule has 0 bridgehead atoms. The van der Waals surface area contributed by atoms with Gasteiger partial charge in [0.15, 0.2) is 0 Å². The number of azide groups is 1. The number of hydrogen-bond donors (Lipinski definition) is 3. The molecule has 3 N–H and O–H groups in total. The Morgan fingerprint density at radius 2 is 2.07 bits per heavy atom. The Bertz CT molecular complexity index is 243. The molecule has 1 heterocycles. The molecule has 7 heteroatoms. The highest BCUT2D eigenvalue weighted by Gasteiger charge is 2.41. The molecule has 1 fully saturated rings. The van der Waals surface area contributed by atoms with Crippen molar-refractivity contribution in [2.75, 3.05) is 6.61 Å². The summed E-state index contributed by atoms with van der Waals surface area (Å²) in [6, 6.07) is -0.821. The molecule has 80 valence electrons. The molecule has 1 saturated heterocycles. The van der Waals surface area contributed by atoms with E-state index in [9.17, 15) is 10.2 Å². The summed E-state index contributed by atoms with van der Waals surface area (Å²) in [7, 11) is 0. The molecule has 0 radical (unpaired) electrons. The minimum Gasteiger partial charge on any atom is -0.394 e. The average molecular weight is 203 g/mol. The van der Waals surface area contributed by atoms with Crippen LogP contribution in [0.15, 0.2) is 5.11 Å². The van der Waals surface area contributed by atoms with Crippen LogP contribution in [0.3, 0.4) is 0 Å². The maximum atomic E-state index is 9.53. The molecule has 0 amide bonds. The Morgan fingerprint density at radius 3 is 2.57 bits per heavy atom. The van der Waals surface area contributed by atoms with Gasteiger partial charge in [-0.3, -0.25) is 0 Å². The van der Waals surface area contributed by atoms with E-state index in [2.05, 4.69) is 10.0 Å². The predicted molar refractivity (Wildman–Crippen MR) is 46.4 cm³/mol. The quantitative estimate of drug-likeness (QED) is 0.308. The second kappa shape index (κ2) is 4.59. The molecule has 1 aliphatic heterocycles. The Balaban J connectivity index is 2.78. The largest absolute Gasteiger partial charge is 0.394 e. The SMILES string of the molecule is C[C@@H]1OC(CO)[C@H](O)[C@H](O)C1N=[N+]=[N-]. The molecular weight excluding hydrogens is 190 g/mol. The molecule has 0 aromatic heterocycles. The lowest BCUT2D eigenvalue weighted by Gasteiger charge is -2.39. The van der Waals surface area contributed by atoms with E-state index in [0.29, 0.717) is 0 Å². The van der Waals surface area contributed by atoms with Crippen molar-refractivity contribution in [3.8, 4) is 0 Å². The maximum Gasteiger partial charge on any atom is 0.109 e. The number of hydrogen-bond acceptors (Lipinski definition) is 5. The lowest BCUT2D eigenvalue weighted by molar-refractivity contribution is -0.183. The normalized spacial score (nSPS) is 43.0. The first-order valence-corrected chi connectivity index (χ1v) is 4.28. The van der Waals surface area contributed by atoms with Gasteiger partial charge in [-0.2, -0.15) is 0 Å². The Kier molecular flexibility index (Phi) is 3.68. The second-order valence-corrected chi connectivity index (χ2v) is 3.24. The summed E-state index contributed by atoms with van der Waals surface area (Å²) in [6.07, 6.45) is -3.79. The second-order valence-electron chi connectivity index (χ2n) is 3.24. The molecular formula is C7H13N3O4. The zero-order valence-electron chi connectivity index (χ0n) is 7.69. The van der Waals surface area contributed by atoms with E-state index in [4.69, 9.17) is 15.4 Å². The maximum absolute atomic E-state index is 9.53. The van der Waals surface area contributed by atoms with Crippen LogP contribution in [0.5, 0.6) is 0 Å². The van der Waals surface area contributed by atoms with Crippen LogP contribution in [0.4, 0.5) is 0 Å². The highest BCUT2D eigenvalue weighted by molar-refractivity contribution is 4.94. The summed E-state index contributed by atoms with van der Waals surface area (Å²) in [4.78, 5) is 2.56. The van der Waals surface area contributed by atoms with Crippen LogP contribution in [0, 0.1) is 0 Å². The molecule has 2 unspecified atom stereocenters. The van der Waals surface area contributed by atoms with E-state index >= 15 is 0 Å². The zero-order valence-corrected chi connectivity index (χ0v) is 7.69. The molecule has 7 nitrogen and oxygen atoms in total. The van der Waals surface area contributed by atoms with Gasteiger partial charge < -0.3 is 20.1 Å². The van der Waals surface area contributed by atoms with Gasteiger partial charge in [0.2, 0.25) is 0 Å². The van der Waals surface area contributed by atoms with E-state index in [1.807, 2.05) is 0 Å². The van der Waals surface area contributed by atoms with Crippen molar-refractivity contribution in [1.82, 2.24) is 0 Å². The third-order valence-electron chi connectivity index (χ3n) is 2.32. The molecule has 0 aliphatic carbocycles.